The number of methoxy groups -OCH3 is 1. The molecule has 30 heavy (non-hydrogen) atoms. The molecule has 1 saturated heterocycles. The molecule has 0 spiro atoms. The number of aryl methyl sites for hydroxylation is 1. The van der Waals surface area contributed by atoms with Gasteiger partial charge in [0.25, 0.3) is 0 Å². The van der Waals surface area contributed by atoms with E-state index in [2.05, 4.69) is 26.0 Å². The number of rotatable bonds is 16. The molecule has 1 fully saturated rings. The molecular weight excluding hydrogens is 374 g/mol. The van der Waals surface area contributed by atoms with Crippen LogP contribution in [0, 0.1) is 5.21 Å². The predicted molar refractivity (Wildman–Crippen MR) is 126 cm³/mol. The fraction of sp³-hybridized carbons (Fsp3) is 0.769. The lowest BCUT2D eigenvalue weighted by Gasteiger charge is -2.39. The first-order valence-electron chi connectivity index (χ1n) is 12.5. The van der Waals surface area contributed by atoms with Crippen molar-refractivity contribution in [1.82, 2.24) is 0 Å². The van der Waals surface area contributed by atoms with E-state index in [1.165, 1.54) is 63.4 Å². The standard InChI is InChI=1S/C26H45NO3/c1-4-6-7-8-9-10-11-12-13-16-19-30-26-24(22-27(28)17-14-15-18-27)20-23(5-2)21-25(26)29-3/h20-21H,4-19,22H2,1-3H3. The maximum atomic E-state index is 13.0. The molecule has 0 aliphatic carbocycles. The predicted octanol–water partition coefficient (Wildman–Crippen LogP) is 7.17. The second-order valence-corrected chi connectivity index (χ2v) is 9.04. The van der Waals surface area contributed by atoms with Crippen LogP contribution >= 0.6 is 0 Å². The first-order chi connectivity index (χ1) is 14.6. The van der Waals surface area contributed by atoms with Gasteiger partial charge in [-0.05, 0) is 30.5 Å². The summed E-state index contributed by atoms with van der Waals surface area (Å²) in [5.41, 5.74) is 2.23. The van der Waals surface area contributed by atoms with E-state index in [1.807, 2.05) is 0 Å². The van der Waals surface area contributed by atoms with Crippen molar-refractivity contribution < 1.29 is 14.1 Å². The lowest BCUT2D eigenvalue weighted by Crippen LogP contribution is -2.38. The van der Waals surface area contributed by atoms with E-state index in [9.17, 15) is 5.21 Å². The average molecular weight is 420 g/mol. The first kappa shape index (κ1) is 25.0. The minimum Gasteiger partial charge on any atom is -0.633 e. The van der Waals surface area contributed by atoms with Crippen molar-refractivity contribution in [2.24, 2.45) is 0 Å². The topological polar surface area (TPSA) is 41.5 Å². The summed E-state index contributed by atoms with van der Waals surface area (Å²) in [4.78, 5) is 0. The van der Waals surface area contributed by atoms with Crippen molar-refractivity contribution in [3.8, 4) is 11.5 Å². The number of quaternary nitrogens is 1. The molecule has 1 heterocycles. The molecule has 2 rings (SSSR count). The lowest BCUT2D eigenvalue weighted by atomic mass is 10.1. The van der Waals surface area contributed by atoms with Gasteiger partial charge in [0.2, 0.25) is 0 Å². The van der Waals surface area contributed by atoms with Gasteiger partial charge in [-0.15, -0.1) is 0 Å². The van der Waals surface area contributed by atoms with Crippen LogP contribution in [-0.4, -0.2) is 31.5 Å². The first-order valence-corrected chi connectivity index (χ1v) is 12.5. The number of hydrogen-bond donors (Lipinski definition) is 0. The van der Waals surface area contributed by atoms with Crippen LogP contribution in [0.25, 0.3) is 0 Å². The Morgan fingerprint density at radius 1 is 0.867 bits per heavy atom. The number of ether oxygens (including phenoxy) is 2. The monoisotopic (exact) mass is 419 g/mol. The Morgan fingerprint density at radius 2 is 1.47 bits per heavy atom. The Kier molecular flexibility index (Phi) is 11.6. The third kappa shape index (κ3) is 8.47. The second kappa shape index (κ2) is 13.9. The number of benzene rings is 1. The normalized spacial score (nSPS) is 15.5. The Bertz CT molecular complexity index is 596. The molecule has 0 atom stereocenters. The van der Waals surface area contributed by atoms with Gasteiger partial charge >= 0.3 is 0 Å². The molecule has 0 saturated carbocycles. The number of hydroxylamine groups is 3. The number of unbranched alkanes of at least 4 members (excludes halogenated alkanes) is 9. The summed E-state index contributed by atoms with van der Waals surface area (Å²) in [7, 11) is 1.70. The number of hydrogen-bond acceptors (Lipinski definition) is 3. The summed E-state index contributed by atoms with van der Waals surface area (Å²) >= 11 is 0. The summed E-state index contributed by atoms with van der Waals surface area (Å²) in [6.45, 7) is 7.04. The summed E-state index contributed by atoms with van der Waals surface area (Å²) < 4.78 is 11.7. The Morgan fingerprint density at radius 3 is 2.03 bits per heavy atom. The maximum Gasteiger partial charge on any atom is 0.169 e. The van der Waals surface area contributed by atoms with Gasteiger partial charge in [-0.2, -0.15) is 0 Å². The molecule has 1 aliphatic heterocycles. The third-order valence-electron chi connectivity index (χ3n) is 6.40. The summed E-state index contributed by atoms with van der Waals surface area (Å²) in [6.07, 6.45) is 16.1. The highest BCUT2D eigenvalue weighted by Crippen LogP contribution is 2.36. The van der Waals surface area contributed by atoms with E-state index in [0.717, 1.165) is 55.8 Å². The molecule has 0 bridgehead atoms. The van der Waals surface area contributed by atoms with Gasteiger partial charge in [-0.1, -0.05) is 71.6 Å². The fourth-order valence-electron chi connectivity index (χ4n) is 4.50. The van der Waals surface area contributed by atoms with Gasteiger partial charge in [0.1, 0.15) is 6.54 Å². The summed E-state index contributed by atoms with van der Waals surface area (Å²) in [5, 5.41) is 13.0. The van der Waals surface area contributed by atoms with Crippen LogP contribution < -0.4 is 9.47 Å². The minimum atomic E-state index is -0.120. The van der Waals surface area contributed by atoms with Gasteiger partial charge in [-0.25, -0.2) is 0 Å². The van der Waals surface area contributed by atoms with Crippen molar-refractivity contribution >= 4 is 0 Å². The van der Waals surface area contributed by atoms with E-state index in [0.29, 0.717) is 13.2 Å². The molecule has 0 unspecified atom stereocenters. The molecule has 172 valence electrons. The molecular formula is C26H45NO3. The van der Waals surface area contributed by atoms with Gasteiger partial charge in [0, 0.05) is 12.8 Å². The van der Waals surface area contributed by atoms with Gasteiger partial charge in [-0.3, -0.25) is 0 Å². The molecule has 4 nitrogen and oxygen atoms in total. The zero-order chi connectivity index (χ0) is 21.7. The van der Waals surface area contributed by atoms with Gasteiger partial charge in [0.15, 0.2) is 11.5 Å². The van der Waals surface area contributed by atoms with Gasteiger partial charge < -0.3 is 19.3 Å². The van der Waals surface area contributed by atoms with Crippen molar-refractivity contribution in [1.29, 1.82) is 0 Å². The van der Waals surface area contributed by atoms with Crippen molar-refractivity contribution in [3.63, 3.8) is 0 Å². The van der Waals surface area contributed by atoms with Crippen LogP contribution in [0.2, 0.25) is 0 Å². The zero-order valence-electron chi connectivity index (χ0n) is 19.8. The van der Waals surface area contributed by atoms with E-state index in [1.54, 1.807) is 7.11 Å². The van der Waals surface area contributed by atoms with E-state index < -0.39 is 0 Å². The Labute approximate surface area is 185 Å². The molecule has 1 aliphatic rings. The van der Waals surface area contributed by atoms with Crippen LogP contribution in [0.1, 0.15) is 102 Å². The highest BCUT2D eigenvalue weighted by atomic mass is 16.5. The molecule has 0 radical (unpaired) electrons. The highest BCUT2D eigenvalue weighted by Gasteiger charge is 2.26. The quantitative estimate of drug-likeness (QED) is 0.162. The number of likely N-dealkylation sites (tertiary alicyclic amines) is 1. The SMILES string of the molecule is CCCCCCCCCCCCOc1c(C[N+]2([O-])CCCC2)cc(CC)cc1OC. The smallest absolute Gasteiger partial charge is 0.169 e. The van der Waals surface area contributed by atoms with E-state index in [-0.39, 0.29) is 4.65 Å². The summed E-state index contributed by atoms with van der Waals surface area (Å²) in [5.74, 6) is 1.58. The Hall–Kier alpha value is -1.26. The highest BCUT2D eigenvalue weighted by molar-refractivity contribution is 5.49. The fourth-order valence-corrected chi connectivity index (χ4v) is 4.50. The average Bonchev–Trinajstić information content (AvgIpc) is 3.18. The van der Waals surface area contributed by atoms with E-state index >= 15 is 0 Å². The van der Waals surface area contributed by atoms with Crippen molar-refractivity contribution in [2.45, 2.75) is 104 Å². The number of nitrogens with zero attached hydrogens (tertiary/aromatic N) is 1. The largest absolute Gasteiger partial charge is 0.633 e. The second-order valence-electron chi connectivity index (χ2n) is 9.04. The lowest BCUT2D eigenvalue weighted by molar-refractivity contribution is -0.881. The van der Waals surface area contributed by atoms with Crippen LogP contribution in [0.3, 0.4) is 0 Å². The molecule has 1 aromatic rings. The zero-order valence-corrected chi connectivity index (χ0v) is 19.8. The Balaban J connectivity index is 1.81. The van der Waals surface area contributed by atoms with Crippen LogP contribution in [0.5, 0.6) is 11.5 Å². The molecule has 1 aromatic carbocycles. The van der Waals surface area contributed by atoms with Crippen molar-refractivity contribution in [3.05, 3.63) is 28.5 Å². The minimum absolute atomic E-state index is 0.120. The maximum absolute atomic E-state index is 13.0. The molecule has 0 aromatic heterocycles. The molecule has 0 N–H and O–H groups in total. The molecule has 0 amide bonds. The van der Waals surface area contributed by atoms with Crippen molar-refractivity contribution in [2.75, 3.05) is 26.8 Å². The van der Waals surface area contributed by atoms with Crippen LogP contribution in [-0.2, 0) is 13.0 Å². The third-order valence-corrected chi connectivity index (χ3v) is 6.40. The van der Waals surface area contributed by atoms with Crippen LogP contribution in [0.4, 0.5) is 0 Å². The summed E-state index contributed by atoms with van der Waals surface area (Å²) in [6, 6.07) is 4.23. The van der Waals surface area contributed by atoms with E-state index in [4.69, 9.17) is 9.47 Å². The van der Waals surface area contributed by atoms with Gasteiger partial charge in [0.05, 0.1) is 32.4 Å². The van der Waals surface area contributed by atoms with Crippen LogP contribution in [0.15, 0.2) is 12.1 Å². The molecule has 4 heteroatoms.